The zero-order valence-corrected chi connectivity index (χ0v) is 20.6. The van der Waals surface area contributed by atoms with E-state index in [0.29, 0.717) is 28.9 Å². The van der Waals surface area contributed by atoms with Crippen molar-refractivity contribution in [2.75, 3.05) is 4.90 Å². The molecular formula is C27H29N7O3. The molecule has 2 bridgehead atoms. The minimum Gasteiger partial charge on any atom is -0.366 e. The molecule has 190 valence electrons. The summed E-state index contributed by atoms with van der Waals surface area (Å²) < 4.78 is 0. The Morgan fingerprint density at radius 2 is 1.54 bits per heavy atom. The highest BCUT2D eigenvalue weighted by atomic mass is 16.2. The van der Waals surface area contributed by atoms with Crippen LogP contribution in [0, 0.1) is 6.92 Å². The van der Waals surface area contributed by atoms with Gasteiger partial charge in [0.15, 0.2) is 0 Å². The van der Waals surface area contributed by atoms with Gasteiger partial charge in [0.2, 0.25) is 5.91 Å². The molecule has 4 heterocycles. The van der Waals surface area contributed by atoms with E-state index in [1.54, 1.807) is 48.9 Å². The van der Waals surface area contributed by atoms with Crippen LogP contribution < -0.4 is 21.3 Å². The number of benzene rings is 1. The number of anilines is 1. The smallest absolute Gasteiger partial charge is 0.253 e. The third kappa shape index (κ3) is 5.42. The van der Waals surface area contributed by atoms with E-state index >= 15 is 0 Å². The van der Waals surface area contributed by atoms with Gasteiger partial charge in [0, 0.05) is 41.6 Å². The van der Waals surface area contributed by atoms with E-state index in [1.807, 2.05) is 13.0 Å². The maximum Gasteiger partial charge on any atom is 0.253 e. The molecule has 0 aliphatic carbocycles. The first-order valence-electron chi connectivity index (χ1n) is 12.4. The normalized spacial score (nSPS) is 20.4. The van der Waals surface area contributed by atoms with Gasteiger partial charge in [0.25, 0.3) is 11.8 Å². The number of nitrogens with one attached hydrogen (secondary N) is 2. The number of carbonyl (C=O) groups excluding carboxylic acids is 3. The fourth-order valence-electron chi connectivity index (χ4n) is 5.18. The van der Waals surface area contributed by atoms with Gasteiger partial charge in [-0.25, -0.2) is 4.98 Å². The van der Waals surface area contributed by atoms with Crippen molar-refractivity contribution in [2.45, 2.75) is 57.3 Å². The van der Waals surface area contributed by atoms with Crippen molar-refractivity contribution < 1.29 is 14.4 Å². The van der Waals surface area contributed by atoms with E-state index in [9.17, 15) is 14.4 Å². The highest BCUT2D eigenvalue weighted by Gasteiger charge is 2.41. The standard InChI is InChI=1S/C27H29N7O3/c1-16-12-30-21(14-29-16)15-32-26(36)19-6-9-24(31-13-19)34-22-7-8-23(34)11-20(10-22)33-27(37)18-4-2-17(3-5-18)25(28)35/h2-6,9,12-14,20,22-23H,7-8,10-11,15H2,1H3,(H2,28,35)(H,32,36)(H,33,37). The Balaban J connectivity index is 1.17. The summed E-state index contributed by atoms with van der Waals surface area (Å²) in [6, 6.07) is 10.7. The van der Waals surface area contributed by atoms with Crippen LogP contribution in [0.25, 0.3) is 0 Å². The molecule has 2 aromatic heterocycles. The molecule has 2 aliphatic rings. The Morgan fingerprint density at radius 1 is 0.865 bits per heavy atom. The lowest BCUT2D eigenvalue weighted by Gasteiger charge is -2.40. The zero-order chi connectivity index (χ0) is 25.9. The van der Waals surface area contributed by atoms with Crippen LogP contribution in [0.4, 0.5) is 5.82 Å². The molecule has 2 saturated heterocycles. The summed E-state index contributed by atoms with van der Waals surface area (Å²) >= 11 is 0. The summed E-state index contributed by atoms with van der Waals surface area (Å²) in [5, 5.41) is 6.00. The van der Waals surface area contributed by atoms with Crippen molar-refractivity contribution in [3.05, 3.63) is 83.1 Å². The molecule has 10 heteroatoms. The molecule has 2 fully saturated rings. The van der Waals surface area contributed by atoms with Crippen LogP contribution in [0.3, 0.4) is 0 Å². The third-order valence-electron chi connectivity index (χ3n) is 7.04. The number of carbonyl (C=O) groups is 3. The highest BCUT2D eigenvalue weighted by molar-refractivity contribution is 5.97. The van der Waals surface area contributed by atoms with Gasteiger partial charge in [0.1, 0.15) is 5.82 Å². The van der Waals surface area contributed by atoms with E-state index in [1.165, 1.54) is 0 Å². The minimum atomic E-state index is -0.518. The summed E-state index contributed by atoms with van der Waals surface area (Å²) in [6.45, 7) is 2.16. The maximum atomic E-state index is 12.7. The van der Waals surface area contributed by atoms with Crippen LogP contribution >= 0.6 is 0 Å². The number of primary amides is 1. The summed E-state index contributed by atoms with van der Waals surface area (Å²) in [5.41, 5.74) is 8.16. The van der Waals surface area contributed by atoms with Crippen molar-refractivity contribution in [2.24, 2.45) is 5.73 Å². The van der Waals surface area contributed by atoms with E-state index in [4.69, 9.17) is 5.73 Å². The largest absolute Gasteiger partial charge is 0.366 e. The average molecular weight is 500 g/mol. The summed E-state index contributed by atoms with van der Waals surface area (Å²) in [7, 11) is 0. The van der Waals surface area contributed by atoms with Gasteiger partial charge in [-0.05, 0) is 69.0 Å². The number of piperidine rings is 1. The predicted octanol–water partition coefficient (Wildman–Crippen LogP) is 2.14. The van der Waals surface area contributed by atoms with Crippen LogP contribution in [0.1, 0.15) is 68.1 Å². The molecule has 2 atom stereocenters. The molecule has 3 aromatic rings. The molecule has 3 amide bonds. The Labute approximate surface area is 214 Å². The molecule has 0 radical (unpaired) electrons. The first-order chi connectivity index (χ1) is 17.9. The number of amides is 3. The van der Waals surface area contributed by atoms with Crippen molar-refractivity contribution in [1.29, 1.82) is 0 Å². The van der Waals surface area contributed by atoms with Crippen molar-refractivity contribution in [3.8, 4) is 0 Å². The van der Waals surface area contributed by atoms with Gasteiger partial charge in [-0.15, -0.1) is 0 Å². The number of fused-ring (bicyclic) bond motifs is 2. The van der Waals surface area contributed by atoms with Crippen LogP contribution in [0.2, 0.25) is 0 Å². The number of rotatable bonds is 7. The summed E-state index contributed by atoms with van der Waals surface area (Å²) in [5.74, 6) is -0.0378. The van der Waals surface area contributed by atoms with Gasteiger partial charge in [-0.3, -0.25) is 24.4 Å². The average Bonchev–Trinajstić information content (AvgIpc) is 3.18. The van der Waals surface area contributed by atoms with E-state index in [0.717, 1.165) is 37.2 Å². The van der Waals surface area contributed by atoms with Gasteiger partial charge in [0.05, 0.1) is 29.7 Å². The molecule has 4 N–H and O–H groups in total. The second-order valence-electron chi connectivity index (χ2n) is 9.61. The molecule has 10 nitrogen and oxygen atoms in total. The summed E-state index contributed by atoms with van der Waals surface area (Å²) in [6.07, 6.45) is 8.64. The number of pyridine rings is 1. The Bertz CT molecular complexity index is 1280. The number of hydrogen-bond acceptors (Lipinski definition) is 7. The van der Waals surface area contributed by atoms with Crippen LogP contribution in [-0.4, -0.2) is 50.8 Å². The van der Waals surface area contributed by atoms with E-state index < -0.39 is 5.91 Å². The lowest BCUT2D eigenvalue weighted by atomic mass is 9.96. The molecule has 1 aromatic carbocycles. The molecular weight excluding hydrogens is 470 g/mol. The lowest BCUT2D eigenvalue weighted by Crippen LogP contribution is -2.50. The number of aromatic nitrogens is 3. The predicted molar refractivity (Wildman–Crippen MR) is 137 cm³/mol. The zero-order valence-electron chi connectivity index (χ0n) is 20.6. The monoisotopic (exact) mass is 499 g/mol. The second kappa shape index (κ2) is 10.3. The van der Waals surface area contributed by atoms with Crippen molar-refractivity contribution in [1.82, 2.24) is 25.6 Å². The van der Waals surface area contributed by atoms with Gasteiger partial charge in [-0.2, -0.15) is 0 Å². The Morgan fingerprint density at radius 3 is 2.14 bits per heavy atom. The molecule has 0 saturated carbocycles. The lowest BCUT2D eigenvalue weighted by molar-refractivity contribution is 0.0923. The third-order valence-corrected chi connectivity index (χ3v) is 7.04. The maximum absolute atomic E-state index is 12.7. The fraction of sp³-hybridized carbons (Fsp3) is 0.333. The summed E-state index contributed by atoms with van der Waals surface area (Å²) in [4.78, 5) is 51.9. The fourth-order valence-corrected chi connectivity index (χ4v) is 5.18. The van der Waals surface area contributed by atoms with Crippen molar-refractivity contribution >= 4 is 23.5 Å². The number of nitrogens with zero attached hydrogens (tertiary/aromatic N) is 4. The quantitative estimate of drug-likeness (QED) is 0.452. The Hall–Kier alpha value is -4.34. The number of aryl methyl sites for hydroxylation is 1. The highest BCUT2D eigenvalue weighted by Crippen LogP contribution is 2.38. The molecule has 2 aliphatic heterocycles. The second-order valence-corrected chi connectivity index (χ2v) is 9.61. The van der Waals surface area contributed by atoms with Gasteiger partial charge in [-0.1, -0.05) is 0 Å². The molecule has 37 heavy (non-hydrogen) atoms. The topological polar surface area (TPSA) is 143 Å². The van der Waals surface area contributed by atoms with Gasteiger partial charge < -0.3 is 21.3 Å². The van der Waals surface area contributed by atoms with Crippen LogP contribution in [0.15, 0.2) is 55.0 Å². The van der Waals surface area contributed by atoms with E-state index in [-0.39, 0.29) is 29.9 Å². The van der Waals surface area contributed by atoms with E-state index in [2.05, 4.69) is 30.5 Å². The van der Waals surface area contributed by atoms with Crippen LogP contribution in [-0.2, 0) is 6.54 Å². The SMILES string of the molecule is Cc1cnc(CNC(=O)c2ccc(N3C4CCC3CC(NC(=O)c3ccc(C(N)=O)cc3)C4)nc2)cn1. The van der Waals surface area contributed by atoms with Crippen LogP contribution in [0.5, 0.6) is 0 Å². The Kier molecular flexibility index (Phi) is 6.80. The number of nitrogens with two attached hydrogens (primary N) is 1. The number of hydrogen-bond donors (Lipinski definition) is 3. The molecule has 0 spiro atoms. The molecule has 2 unspecified atom stereocenters. The van der Waals surface area contributed by atoms with Gasteiger partial charge >= 0.3 is 0 Å². The first kappa shape index (κ1) is 24.4. The van der Waals surface area contributed by atoms with Crippen molar-refractivity contribution in [3.63, 3.8) is 0 Å². The molecule has 5 rings (SSSR count). The first-order valence-corrected chi connectivity index (χ1v) is 12.4. The minimum absolute atomic E-state index is 0.0620.